The maximum atomic E-state index is 5.81. The minimum Gasteiger partial charge on any atom is -0.381 e. The summed E-state index contributed by atoms with van der Waals surface area (Å²) in [7, 11) is 6.30. The molecule has 0 aliphatic heterocycles. The van der Waals surface area contributed by atoms with Crippen LogP contribution in [0.4, 0.5) is 0 Å². The molecule has 0 saturated carbocycles. The first kappa shape index (κ1) is 21.8. The van der Waals surface area contributed by atoms with Crippen molar-refractivity contribution >= 4 is 58.8 Å². The van der Waals surface area contributed by atoms with E-state index in [1.807, 2.05) is 41.2 Å². The van der Waals surface area contributed by atoms with Crippen LogP contribution in [-0.4, -0.2) is 53.8 Å². The van der Waals surface area contributed by atoms with Gasteiger partial charge in [0.25, 0.3) is 0 Å². The molecule has 0 aliphatic rings. The Bertz CT molecular complexity index is 202. The fourth-order valence-corrected chi connectivity index (χ4v) is 13.0. The Balaban J connectivity index is 3.64. The van der Waals surface area contributed by atoms with Gasteiger partial charge in [0.15, 0.2) is 0 Å². The minimum absolute atomic E-state index is 0.516. The van der Waals surface area contributed by atoms with Crippen molar-refractivity contribution in [2.75, 3.05) is 24.7 Å². The lowest BCUT2D eigenvalue weighted by molar-refractivity contribution is 0.130. The van der Waals surface area contributed by atoms with Gasteiger partial charge >= 0.3 is 0 Å². The van der Waals surface area contributed by atoms with Gasteiger partial charge in [-0.05, 0) is 33.5 Å². The van der Waals surface area contributed by atoms with E-state index in [9.17, 15) is 0 Å². The van der Waals surface area contributed by atoms with Gasteiger partial charge in [-0.15, -0.1) is 0 Å². The summed E-state index contributed by atoms with van der Waals surface area (Å²) in [5.74, 6) is 2.26. The number of hydrogen-bond donors (Lipinski definition) is 0. The second-order valence-corrected chi connectivity index (χ2v) is 17.7. The van der Waals surface area contributed by atoms with Gasteiger partial charge in [0.05, 0.1) is 29.0 Å². The lowest BCUT2D eigenvalue weighted by Crippen LogP contribution is -2.30. The third-order valence-corrected chi connectivity index (χ3v) is 13.8. The SMILES string of the molecule is CCOC(CSSSSCC(OCC)[SiH](C)C)[SiH](C)C. The van der Waals surface area contributed by atoms with Gasteiger partial charge in [-0.25, -0.2) is 0 Å². The zero-order valence-corrected chi connectivity index (χ0v) is 19.2. The smallest absolute Gasteiger partial charge is 0.0667 e. The van der Waals surface area contributed by atoms with Crippen molar-refractivity contribution in [3.05, 3.63) is 0 Å². The van der Waals surface area contributed by atoms with Crippen molar-refractivity contribution in [1.82, 2.24) is 0 Å². The van der Waals surface area contributed by atoms with Crippen molar-refractivity contribution < 1.29 is 9.47 Å². The topological polar surface area (TPSA) is 18.5 Å². The van der Waals surface area contributed by atoms with Crippen LogP contribution in [0.15, 0.2) is 0 Å². The first-order chi connectivity index (χ1) is 9.52. The Kier molecular flexibility index (Phi) is 15.6. The molecule has 0 heterocycles. The summed E-state index contributed by atoms with van der Waals surface area (Å²) in [6, 6.07) is 0. The molecule has 0 N–H and O–H groups in total. The van der Waals surface area contributed by atoms with Crippen LogP contribution in [-0.2, 0) is 9.47 Å². The molecule has 0 aromatic rings. The van der Waals surface area contributed by atoms with Gasteiger partial charge in [0, 0.05) is 24.7 Å². The minimum atomic E-state index is -0.688. The van der Waals surface area contributed by atoms with Crippen LogP contribution in [0.3, 0.4) is 0 Å². The molecule has 0 spiro atoms. The lowest BCUT2D eigenvalue weighted by atomic mass is 10.8. The first-order valence-electron chi connectivity index (χ1n) is 7.33. The van der Waals surface area contributed by atoms with Gasteiger partial charge < -0.3 is 9.47 Å². The summed E-state index contributed by atoms with van der Waals surface area (Å²) >= 11 is 0. The molecule has 0 fully saturated rings. The highest BCUT2D eigenvalue weighted by molar-refractivity contribution is 9.26. The molecular weight excluding hydrogens is 361 g/mol. The summed E-state index contributed by atoms with van der Waals surface area (Å²) in [6.45, 7) is 15.4. The first-order valence-corrected chi connectivity index (χ1v) is 18.4. The highest BCUT2D eigenvalue weighted by Crippen LogP contribution is 2.43. The molecule has 2 unspecified atom stereocenters. The summed E-state index contributed by atoms with van der Waals surface area (Å²) in [5.41, 5.74) is 1.03. The molecule has 122 valence electrons. The average molecular weight is 391 g/mol. The van der Waals surface area contributed by atoms with E-state index in [-0.39, 0.29) is 0 Å². The molecule has 0 bridgehead atoms. The molecule has 0 amide bonds. The van der Waals surface area contributed by atoms with E-state index in [1.54, 1.807) is 0 Å². The highest BCUT2D eigenvalue weighted by Gasteiger charge is 2.16. The van der Waals surface area contributed by atoms with Crippen molar-refractivity contribution in [1.29, 1.82) is 0 Å². The lowest BCUT2D eigenvalue weighted by Gasteiger charge is -2.20. The summed E-state index contributed by atoms with van der Waals surface area (Å²) in [6.07, 6.45) is 0. The maximum Gasteiger partial charge on any atom is 0.0667 e. The van der Waals surface area contributed by atoms with Gasteiger partial charge in [0.2, 0.25) is 0 Å². The van der Waals surface area contributed by atoms with Crippen molar-refractivity contribution in [2.45, 2.75) is 51.5 Å². The molecule has 0 rings (SSSR count). The van der Waals surface area contributed by atoms with Crippen molar-refractivity contribution in [2.24, 2.45) is 0 Å². The van der Waals surface area contributed by atoms with E-state index in [4.69, 9.17) is 9.47 Å². The standard InChI is InChI=1S/C12H30O2S4Si2/c1-7-13-11(19(3)4)9-15-17-18-16-10-12(14-8-2)20(5)6/h11-12,19-20H,7-10H2,1-6H3. The molecule has 0 radical (unpaired) electrons. The third-order valence-electron chi connectivity index (χ3n) is 2.84. The molecule has 20 heavy (non-hydrogen) atoms. The molecule has 8 heteroatoms. The molecule has 0 saturated heterocycles. The molecule has 2 atom stereocenters. The monoisotopic (exact) mass is 390 g/mol. The van der Waals surface area contributed by atoms with E-state index >= 15 is 0 Å². The summed E-state index contributed by atoms with van der Waals surface area (Å²) in [5, 5.41) is 0. The van der Waals surface area contributed by atoms with Gasteiger partial charge in [-0.2, -0.15) is 0 Å². The Hall–Kier alpha value is 1.75. The second-order valence-electron chi connectivity index (χ2n) is 5.18. The van der Waals surface area contributed by atoms with E-state index in [0.29, 0.717) is 11.5 Å². The molecule has 0 aromatic heterocycles. The average Bonchev–Trinajstić information content (AvgIpc) is 2.39. The van der Waals surface area contributed by atoms with Gasteiger partial charge in [-0.1, -0.05) is 47.8 Å². The summed E-state index contributed by atoms with van der Waals surface area (Å²) in [4.78, 5) is 0. The number of ether oxygens (including phenoxy) is 2. The quantitative estimate of drug-likeness (QED) is 0.259. The van der Waals surface area contributed by atoms with E-state index in [0.717, 1.165) is 24.7 Å². The number of rotatable bonds is 13. The predicted octanol–water partition coefficient (Wildman–Crippen LogP) is 4.53. The van der Waals surface area contributed by atoms with Crippen LogP contribution in [0.25, 0.3) is 0 Å². The normalized spacial score (nSPS) is 15.0. The van der Waals surface area contributed by atoms with Gasteiger partial charge in [0.1, 0.15) is 0 Å². The molecule has 0 aliphatic carbocycles. The Labute approximate surface area is 144 Å². The largest absolute Gasteiger partial charge is 0.381 e. The highest BCUT2D eigenvalue weighted by atomic mass is 33.7. The van der Waals surface area contributed by atoms with Crippen LogP contribution in [0.1, 0.15) is 13.8 Å². The van der Waals surface area contributed by atoms with E-state index in [2.05, 4.69) is 40.0 Å². The zero-order chi connectivity index (χ0) is 15.4. The second kappa shape index (κ2) is 14.4. The fraction of sp³-hybridized carbons (Fsp3) is 1.00. The van der Waals surface area contributed by atoms with Gasteiger partial charge in [-0.3, -0.25) is 0 Å². The maximum absolute atomic E-state index is 5.81. The Morgan fingerprint density at radius 1 is 0.750 bits per heavy atom. The summed E-state index contributed by atoms with van der Waals surface area (Å²) < 4.78 is 11.6. The molecular formula is C12H30O2S4Si2. The van der Waals surface area contributed by atoms with Crippen molar-refractivity contribution in [3.8, 4) is 0 Å². The Morgan fingerprint density at radius 2 is 1.10 bits per heavy atom. The Morgan fingerprint density at radius 3 is 1.35 bits per heavy atom. The van der Waals surface area contributed by atoms with Crippen LogP contribution in [0.5, 0.6) is 0 Å². The predicted molar refractivity (Wildman–Crippen MR) is 109 cm³/mol. The number of hydrogen-bond acceptors (Lipinski definition) is 6. The zero-order valence-electron chi connectivity index (χ0n) is 13.6. The molecule has 2 nitrogen and oxygen atoms in total. The van der Waals surface area contributed by atoms with Crippen molar-refractivity contribution in [3.63, 3.8) is 0 Å². The van der Waals surface area contributed by atoms with Crippen LogP contribution in [0, 0.1) is 0 Å². The van der Waals surface area contributed by atoms with Crippen LogP contribution < -0.4 is 0 Å². The molecule has 0 aromatic carbocycles. The third kappa shape index (κ3) is 11.3. The fourth-order valence-electron chi connectivity index (χ4n) is 1.52. The van der Waals surface area contributed by atoms with Crippen LogP contribution >= 0.6 is 41.2 Å². The van der Waals surface area contributed by atoms with Crippen LogP contribution in [0.2, 0.25) is 26.2 Å². The van der Waals surface area contributed by atoms with E-state index in [1.165, 1.54) is 0 Å². The van der Waals surface area contributed by atoms with E-state index < -0.39 is 17.6 Å².